The van der Waals surface area contributed by atoms with Crippen molar-refractivity contribution in [2.24, 2.45) is 14.1 Å². The van der Waals surface area contributed by atoms with Gasteiger partial charge in [0, 0.05) is 63.3 Å². The van der Waals surface area contributed by atoms with E-state index in [2.05, 4.69) is 45.0 Å². The Bertz CT molecular complexity index is 1790. The first kappa shape index (κ1) is 28.1. The normalized spacial score (nSPS) is 12.0. The molecule has 0 saturated carbocycles. The summed E-state index contributed by atoms with van der Waals surface area (Å²) in [6.07, 6.45) is 8.16. The van der Waals surface area contributed by atoms with Gasteiger partial charge in [0.25, 0.3) is 5.91 Å². The maximum atomic E-state index is 12.5. The van der Waals surface area contributed by atoms with E-state index in [0.717, 1.165) is 52.2 Å². The number of nitrogens with one attached hydrogen (secondary N) is 2. The molecular formula is C32H34N8O3. The molecule has 0 aliphatic heterocycles. The number of hydrogen-bond acceptors (Lipinski definition) is 8. The lowest BCUT2D eigenvalue weighted by Gasteiger charge is -2.18. The van der Waals surface area contributed by atoms with E-state index >= 15 is 0 Å². The quantitative estimate of drug-likeness (QED) is 0.238. The second-order valence-electron chi connectivity index (χ2n) is 10.5. The third-order valence-corrected chi connectivity index (χ3v) is 7.61. The Kier molecular flexibility index (Phi) is 7.89. The number of aryl methyl sites for hydroxylation is 4. The lowest BCUT2D eigenvalue weighted by atomic mass is 9.91. The van der Waals surface area contributed by atoms with Gasteiger partial charge in [-0.3, -0.25) is 14.2 Å². The minimum atomic E-state index is -0.200. The van der Waals surface area contributed by atoms with Crippen molar-refractivity contribution in [3.8, 4) is 28.1 Å². The highest BCUT2D eigenvalue weighted by Crippen LogP contribution is 2.37. The minimum absolute atomic E-state index is 0.200. The SMILES string of the molecule is COCCNC(=O)c1ccc(Nc2ncc3c(n2)-c2c(nn(C)c2Cc2cccc(-c4cnn(C)c4)c2)CC3)c(OC)c1. The van der Waals surface area contributed by atoms with Gasteiger partial charge in [-0.2, -0.15) is 10.2 Å². The molecule has 0 fully saturated rings. The number of anilines is 2. The molecular weight excluding hydrogens is 544 g/mol. The highest BCUT2D eigenvalue weighted by Gasteiger charge is 2.26. The van der Waals surface area contributed by atoms with Crippen LogP contribution in [0.3, 0.4) is 0 Å². The average molecular weight is 579 g/mol. The standard InChI is InChI=1S/C32H34N8O3/c1-39-19-24(18-35-39)21-7-5-6-20(14-21)15-27-29-26(38-40(27)2)11-9-23-17-34-32(37-30(23)29)36-25-10-8-22(16-28(25)43-4)31(41)33-12-13-42-3/h5-8,10,14,16-19H,9,11-13,15H2,1-4H3,(H,33,41)(H,34,36,37). The van der Waals surface area contributed by atoms with Crippen LogP contribution < -0.4 is 15.4 Å². The van der Waals surface area contributed by atoms with Gasteiger partial charge in [0.15, 0.2) is 0 Å². The second-order valence-corrected chi connectivity index (χ2v) is 10.5. The molecule has 0 saturated heterocycles. The Morgan fingerprint density at radius 2 is 1.93 bits per heavy atom. The molecule has 11 heteroatoms. The van der Waals surface area contributed by atoms with Gasteiger partial charge in [-0.05, 0) is 47.7 Å². The number of amides is 1. The molecule has 220 valence electrons. The average Bonchev–Trinajstić information content (AvgIpc) is 3.60. The van der Waals surface area contributed by atoms with Gasteiger partial charge in [0.2, 0.25) is 5.95 Å². The van der Waals surface area contributed by atoms with Gasteiger partial charge in [-0.25, -0.2) is 9.97 Å². The maximum Gasteiger partial charge on any atom is 0.251 e. The molecule has 3 heterocycles. The number of carbonyl (C=O) groups is 1. The number of nitrogens with zero attached hydrogens (tertiary/aromatic N) is 6. The van der Waals surface area contributed by atoms with Crippen LogP contribution in [0.15, 0.2) is 61.1 Å². The first-order valence-corrected chi connectivity index (χ1v) is 14.1. The first-order valence-electron chi connectivity index (χ1n) is 14.1. The van der Waals surface area contributed by atoms with Crippen LogP contribution >= 0.6 is 0 Å². The fourth-order valence-corrected chi connectivity index (χ4v) is 5.44. The van der Waals surface area contributed by atoms with Gasteiger partial charge < -0.3 is 20.1 Å². The predicted molar refractivity (Wildman–Crippen MR) is 164 cm³/mol. The third-order valence-electron chi connectivity index (χ3n) is 7.61. The summed E-state index contributed by atoms with van der Waals surface area (Å²) in [6, 6.07) is 13.8. The fourth-order valence-electron chi connectivity index (χ4n) is 5.44. The van der Waals surface area contributed by atoms with Crippen LogP contribution in [0.5, 0.6) is 5.75 Å². The number of carbonyl (C=O) groups excluding carboxylic acids is 1. The van der Waals surface area contributed by atoms with Crippen LogP contribution in [-0.4, -0.2) is 62.8 Å². The smallest absolute Gasteiger partial charge is 0.251 e. The summed E-state index contributed by atoms with van der Waals surface area (Å²) < 4.78 is 14.4. The van der Waals surface area contributed by atoms with Gasteiger partial charge in [0.1, 0.15) is 5.75 Å². The zero-order chi connectivity index (χ0) is 29.9. The van der Waals surface area contributed by atoms with Gasteiger partial charge in [-0.15, -0.1) is 0 Å². The van der Waals surface area contributed by atoms with Gasteiger partial charge >= 0.3 is 0 Å². The lowest BCUT2D eigenvalue weighted by Crippen LogP contribution is -2.26. The third kappa shape index (κ3) is 5.84. The molecule has 43 heavy (non-hydrogen) atoms. The van der Waals surface area contributed by atoms with E-state index < -0.39 is 0 Å². The summed E-state index contributed by atoms with van der Waals surface area (Å²) in [5, 5.41) is 15.3. The van der Waals surface area contributed by atoms with Crippen molar-refractivity contribution in [2.75, 3.05) is 32.7 Å². The van der Waals surface area contributed by atoms with Crippen LogP contribution in [0, 0.1) is 0 Å². The molecule has 2 N–H and O–H groups in total. The summed E-state index contributed by atoms with van der Waals surface area (Å²) >= 11 is 0. The van der Waals surface area contributed by atoms with Crippen LogP contribution in [0.4, 0.5) is 11.6 Å². The van der Waals surface area contributed by atoms with Crippen molar-refractivity contribution in [2.45, 2.75) is 19.3 Å². The lowest BCUT2D eigenvalue weighted by molar-refractivity contribution is 0.0937. The highest BCUT2D eigenvalue weighted by atomic mass is 16.5. The van der Waals surface area contributed by atoms with Gasteiger partial charge in [-0.1, -0.05) is 24.3 Å². The number of rotatable bonds is 10. The van der Waals surface area contributed by atoms with Gasteiger partial charge in [0.05, 0.1) is 42.7 Å². The van der Waals surface area contributed by atoms with E-state index in [9.17, 15) is 4.79 Å². The van der Waals surface area contributed by atoms with E-state index in [1.807, 2.05) is 42.0 Å². The number of hydrogen-bond donors (Lipinski definition) is 2. The summed E-state index contributed by atoms with van der Waals surface area (Å²) in [7, 11) is 7.08. The molecule has 6 rings (SSSR count). The molecule has 0 atom stereocenters. The highest BCUT2D eigenvalue weighted by molar-refractivity contribution is 5.95. The molecule has 1 aliphatic carbocycles. The fraction of sp³-hybridized carbons (Fsp3) is 0.281. The van der Waals surface area contributed by atoms with Crippen LogP contribution in [-0.2, 0) is 38.1 Å². The molecule has 0 spiro atoms. The van der Waals surface area contributed by atoms with Crippen molar-refractivity contribution >= 4 is 17.5 Å². The number of fused-ring (bicyclic) bond motifs is 3. The van der Waals surface area contributed by atoms with Crippen molar-refractivity contribution in [3.63, 3.8) is 0 Å². The molecule has 1 aliphatic rings. The molecule has 11 nitrogen and oxygen atoms in total. The van der Waals surface area contributed by atoms with Crippen molar-refractivity contribution in [3.05, 3.63) is 89.1 Å². The largest absolute Gasteiger partial charge is 0.495 e. The van der Waals surface area contributed by atoms with Crippen LogP contribution in [0.1, 0.15) is 32.9 Å². The molecule has 0 unspecified atom stereocenters. The zero-order valence-electron chi connectivity index (χ0n) is 24.7. The van der Waals surface area contributed by atoms with Crippen molar-refractivity contribution < 1.29 is 14.3 Å². The molecule has 2 aromatic carbocycles. The van der Waals surface area contributed by atoms with E-state index in [1.54, 1.807) is 32.4 Å². The molecule has 0 bridgehead atoms. The topological polar surface area (TPSA) is 121 Å². The Labute approximate surface area is 249 Å². The van der Waals surface area contributed by atoms with E-state index in [-0.39, 0.29) is 5.91 Å². The molecule has 1 amide bonds. The van der Waals surface area contributed by atoms with E-state index in [4.69, 9.17) is 19.6 Å². The van der Waals surface area contributed by atoms with Crippen LogP contribution in [0.2, 0.25) is 0 Å². The summed E-state index contributed by atoms with van der Waals surface area (Å²) in [5.74, 6) is 0.752. The molecule has 5 aromatic rings. The van der Waals surface area contributed by atoms with E-state index in [0.29, 0.717) is 42.5 Å². The molecule has 3 aromatic heterocycles. The Balaban J connectivity index is 1.28. The maximum absolute atomic E-state index is 12.5. The zero-order valence-corrected chi connectivity index (χ0v) is 24.7. The number of aromatic nitrogens is 6. The Morgan fingerprint density at radius 1 is 1.05 bits per heavy atom. The first-order chi connectivity index (χ1) is 20.9. The summed E-state index contributed by atoms with van der Waals surface area (Å²) in [5.41, 5.74) is 9.73. The van der Waals surface area contributed by atoms with E-state index in [1.165, 1.54) is 5.56 Å². The predicted octanol–water partition coefficient (Wildman–Crippen LogP) is 4.10. The second kappa shape index (κ2) is 12.1. The van der Waals surface area contributed by atoms with Crippen molar-refractivity contribution in [1.29, 1.82) is 0 Å². The molecule has 0 radical (unpaired) electrons. The monoisotopic (exact) mass is 578 g/mol. The minimum Gasteiger partial charge on any atom is -0.495 e. The van der Waals surface area contributed by atoms with Crippen molar-refractivity contribution in [1.82, 2.24) is 34.8 Å². The Morgan fingerprint density at radius 3 is 2.72 bits per heavy atom. The number of methoxy groups -OCH3 is 2. The van der Waals surface area contributed by atoms with Crippen LogP contribution in [0.25, 0.3) is 22.4 Å². The Hall–Kier alpha value is -5.03. The number of ether oxygens (including phenoxy) is 2. The summed E-state index contributed by atoms with van der Waals surface area (Å²) in [6.45, 7) is 0.866. The summed E-state index contributed by atoms with van der Waals surface area (Å²) in [4.78, 5) is 22.1. The number of benzene rings is 2.